The maximum Gasteiger partial charge on any atom is 0.185 e. The number of nitrogens with zero attached hydrogens (tertiary/aromatic N) is 2. The van der Waals surface area contributed by atoms with Crippen LogP contribution >= 0.6 is 0 Å². The Morgan fingerprint density at radius 1 is 1.14 bits per heavy atom. The van der Waals surface area contributed by atoms with Crippen LogP contribution in [-0.4, -0.2) is 16.3 Å². The van der Waals surface area contributed by atoms with E-state index in [9.17, 15) is 4.79 Å². The van der Waals surface area contributed by atoms with E-state index in [4.69, 9.17) is 10.00 Å². The third-order valence-corrected chi connectivity index (χ3v) is 3.07. The van der Waals surface area contributed by atoms with E-state index in [-0.39, 0.29) is 0 Å². The second kappa shape index (κ2) is 5.94. The zero-order valence-electron chi connectivity index (χ0n) is 11.5. The standard InChI is InChI=1S/C17H11N3O2/c18-9-12-2-1-3-15(8-12)22-14-6-4-13(5-7-14)16-10-19-17(11-21)20-16/h1-8,10-11H,(H,19,20). The second-order valence-corrected chi connectivity index (χ2v) is 4.57. The Labute approximate surface area is 126 Å². The number of aldehydes is 1. The lowest BCUT2D eigenvalue weighted by Crippen LogP contribution is -1.86. The van der Waals surface area contributed by atoms with Gasteiger partial charge in [-0.1, -0.05) is 6.07 Å². The summed E-state index contributed by atoms with van der Waals surface area (Å²) in [5.74, 6) is 1.56. The number of hydrogen-bond acceptors (Lipinski definition) is 4. The predicted molar refractivity (Wildman–Crippen MR) is 80.6 cm³/mol. The number of H-pyrrole nitrogens is 1. The number of carbonyl (C=O) groups is 1. The first-order valence-electron chi connectivity index (χ1n) is 6.57. The van der Waals surface area contributed by atoms with E-state index in [1.807, 2.05) is 24.3 Å². The summed E-state index contributed by atoms with van der Waals surface area (Å²) in [6, 6.07) is 16.4. The van der Waals surface area contributed by atoms with Crippen LogP contribution in [0, 0.1) is 11.3 Å². The first kappa shape index (κ1) is 13.6. The molecule has 0 aliphatic carbocycles. The van der Waals surface area contributed by atoms with Gasteiger partial charge in [0.25, 0.3) is 0 Å². The van der Waals surface area contributed by atoms with Gasteiger partial charge < -0.3 is 9.72 Å². The lowest BCUT2D eigenvalue weighted by Gasteiger charge is -2.06. The monoisotopic (exact) mass is 289 g/mol. The highest BCUT2D eigenvalue weighted by molar-refractivity contribution is 5.71. The Morgan fingerprint density at radius 2 is 1.95 bits per heavy atom. The SMILES string of the molecule is N#Cc1cccc(Oc2ccc(-c3cnc(C=O)[nH]3)cc2)c1. The molecule has 0 spiro atoms. The molecule has 0 bridgehead atoms. The molecule has 22 heavy (non-hydrogen) atoms. The number of nitriles is 1. The zero-order valence-corrected chi connectivity index (χ0v) is 11.5. The van der Waals surface area contributed by atoms with Crippen molar-refractivity contribution in [3.8, 4) is 28.8 Å². The fourth-order valence-electron chi connectivity index (χ4n) is 2.01. The molecule has 5 heteroatoms. The summed E-state index contributed by atoms with van der Waals surface area (Å²) in [6.07, 6.45) is 2.28. The predicted octanol–water partition coefficient (Wildman–Crippen LogP) is 3.55. The van der Waals surface area contributed by atoms with Crippen molar-refractivity contribution in [3.05, 3.63) is 66.1 Å². The summed E-state index contributed by atoms with van der Waals surface area (Å²) in [7, 11) is 0. The van der Waals surface area contributed by atoms with Gasteiger partial charge in [0.1, 0.15) is 11.5 Å². The van der Waals surface area contributed by atoms with Gasteiger partial charge in [-0.25, -0.2) is 4.98 Å². The molecule has 3 rings (SSSR count). The van der Waals surface area contributed by atoms with Crippen LogP contribution in [0.1, 0.15) is 16.2 Å². The molecule has 0 atom stereocenters. The minimum atomic E-state index is 0.295. The highest BCUT2D eigenvalue weighted by Crippen LogP contribution is 2.25. The summed E-state index contributed by atoms with van der Waals surface area (Å²) < 4.78 is 5.70. The number of ether oxygens (including phenoxy) is 1. The Balaban J connectivity index is 1.79. The number of aromatic nitrogens is 2. The van der Waals surface area contributed by atoms with Crippen molar-refractivity contribution in [2.45, 2.75) is 0 Å². The summed E-state index contributed by atoms with van der Waals surface area (Å²) in [6.45, 7) is 0. The largest absolute Gasteiger partial charge is 0.457 e. The lowest BCUT2D eigenvalue weighted by molar-refractivity contribution is 0.111. The molecule has 0 saturated carbocycles. The smallest absolute Gasteiger partial charge is 0.185 e. The molecule has 0 aliphatic heterocycles. The fourth-order valence-corrected chi connectivity index (χ4v) is 2.01. The van der Waals surface area contributed by atoms with Gasteiger partial charge in [0, 0.05) is 0 Å². The molecule has 0 amide bonds. The summed E-state index contributed by atoms with van der Waals surface area (Å²) in [5.41, 5.74) is 2.21. The van der Waals surface area contributed by atoms with E-state index in [0.717, 1.165) is 11.3 Å². The van der Waals surface area contributed by atoms with Crippen LogP contribution in [0.4, 0.5) is 0 Å². The van der Waals surface area contributed by atoms with Gasteiger partial charge in [0.2, 0.25) is 0 Å². The summed E-state index contributed by atoms with van der Waals surface area (Å²) in [4.78, 5) is 17.5. The van der Waals surface area contributed by atoms with Crippen LogP contribution in [0.3, 0.4) is 0 Å². The van der Waals surface area contributed by atoms with Crippen LogP contribution in [0.2, 0.25) is 0 Å². The maximum atomic E-state index is 10.6. The van der Waals surface area contributed by atoms with Crippen LogP contribution < -0.4 is 4.74 Å². The normalized spacial score (nSPS) is 9.95. The van der Waals surface area contributed by atoms with Gasteiger partial charge in [0.05, 0.1) is 23.5 Å². The average Bonchev–Trinajstić information content (AvgIpc) is 3.05. The van der Waals surface area contributed by atoms with Crippen LogP contribution in [0.5, 0.6) is 11.5 Å². The van der Waals surface area contributed by atoms with Crippen LogP contribution in [0.15, 0.2) is 54.7 Å². The average molecular weight is 289 g/mol. The third kappa shape index (κ3) is 2.86. The Kier molecular flexibility index (Phi) is 3.67. The first-order valence-corrected chi connectivity index (χ1v) is 6.57. The molecule has 1 heterocycles. The molecule has 106 valence electrons. The lowest BCUT2D eigenvalue weighted by atomic mass is 10.1. The number of carbonyl (C=O) groups excluding carboxylic acids is 1. The number of benzene rings is 2. The third-order valence-electron chi connectivity index (χ3n) is 3.07. The topological polar surface area (TPSA) is 78.8 Å². The van der Waals surface area contributed by atoms with E-state index in [1.165, 1.54) is 0 Å². The van der Waals surface area contributed by atoms with Crippen LogP contribution in [0.25, 0.3) is 11.3 Å². The number of imidazole rings is 1. The van der Waals surface area contributed by atoms with Gasteiger partial charge in [-0.05, 0) is 48.0 Å². The molecular weight excluding hydrogens is 278 g/mol. The van der Waals surface area contributed by atoms with E-state index in [1.54, 1.807) is 30.5 Å². The van der Waals surface area contributed by atoms with Crippen molar-refractivity contribution < 1.29 is 9.53 Å². The molecule has 1 aromatic heterocycles. The van der Waals surface area contributed by atoms with Gasteiger partial charge in [-0.3, -0.25) is 4.79 Å². The van der Waals surface area contributed by atoms with Crippen LogP contribution in [-0.2, 0) is 0 Å². The van der Waals surface area contributed by atoms with Crippen molar-refractivity contribution in [2.24, 2.45) is 0 Å². The molecule has 0 unspecified atom stereocenters. The van der Waals surface area contributed by atoms with Crippen molar-refractivity contribution >= 4 is 6.29 Å². The summed E-state index contributed by atoms with van der Waals surface area (Å²) in [5, 5.41) is 8.87. The molecule has 0 fully saturated rings. The Hall–Kier alpha value is -3.39. The number of hydrogen-bond donors (Lipinski definition) is 1. The minimum absolute atomic E-state index is 0.295. The van der Waals surface area contributed by atoms with Crippen molar-refractivity contribution in [1.82, 2.24) is 9.97 Å². The molecule has 0 radical (unpaired) electrons. The Bertz CT molecular complexity index is 845. The number of nitrogens with one attached hydrogen (secondary N) is 1. The van der Waals surface area contributed by atoms with Gasteiger partial charge >= 0.3 is 0 Å². The van der Waals surface area contributed by atoms with E-state index < -0.39 is 0 Å². The summed E-state index contributed by atoms with van der Waals surface area (Å²) >= 11 is 0. The zero-order chi connectivity index (χ0) is 15.4. The molecular formula is C17H11N3O2. The molecule has 3 aromatic rings. The minimum Gasteiger partial charge on any atom is -0.457 e. The van der Waals surface area contributed by atoms with E-state index in [2.05, 4.69) is 16.0 Å². The van der Waals surface area contributed by atoms with Gasteiger partial charge in [-0.2, -0.15) is 5.26 Å². The van der Waals surface area contributed by atoms with Crippen molar-refractivity contribution in [2.75, 3.05) is 0 Å². The first-order chi connectivity index (χ1) is 10.8. The van der Waals surface area contributed by atoms with Crippen molar-refractivity contribution in [1.29, 1.82) is 5.26 Å². The van der Waals surface area contributed by atoms with Gasteiger partial charge in [-0.15, -0.1) is 0 Å². The maximum absolute atomic E-state index is 10.6. The molecule has 1 N–H and O–H groups in total. The van der Waals surface area contributed by atoms with Gasteiger partial charge in [0.15, 0.2) is 12.1 Å². The fraction of sp³-hybridized carbons (Fsp3) is 0. The van der Waals surface area contributed by atoms with E-state index in [0.29, 0.717) is 29.2 Å². The number of aromatic amines is 1. The molecule has 2 aromatic carbocycles. The highest BCUT2D eigenvalue weighted by atomic mass is 16.5. The van der Waals surface area contributed by atoms with Crippen molar-refractivity contribution in [3.63, 3.8) is 0 Å². The Morgan fingerprint density at radius 3 is 2.64 bits per heavy atom. The quantitative estimate of drug-likeness (QED) is 0.745. The second-order valence-electron chi connectivity index (χ2n) is 4.57. The highest BCUT2D eigenvalue weighted by Gasteiger charge is 2.04. The van der Waals surface area contributed by atoms with E-state index >= 15 is 0 Å². The molecule has 0 saturated heterocycles. The molecule has 5 nitrogen and oxygen atoms in total. The molecule has 0 aliphatic rings. The number of rotatable bonds is 4.